The molecule has 0 aliphatic carbocycles. The van der Waals surface area contributed by atoms with Crippen molar-refractivity contribution in [3.63, 3.8) is 0 Å². The molecule has 1 heterocycles. The summed E-state index contributed by atoms with van der Waals surface area (Å²) in [7, 11) is 0. The summed E-state index contributed by atoms with van der Waals surface area (Å²) in [4.78, 5) is 3.61. The molecule has 0 radical (unpaired) electrons. The molecule has 23 heavy (non-hydrogen) atoms. The first-order valence-corrected chi connectivity index (χ1v) is 9.45. The van der Waals surface area contributed by atoms with Crippen molar-refractivity contribution in [2.24, 2.45) is 5.73 Å². The van der Waals surface area contributed by atoms with Gasteiger partial charge in [0.1, 0.15) is 0 Å². The van der Waals surface area contributed by atoms with E-state index >= 15 is 0 Å². The van der Waals surface area contributed by atoms with Gasteiger partial charge in [-0.05, 0) is 51.0 Å². The van der Waals surface area contributed by atoms with Crippen LogP contribution in [0.25, 0.3) is 0 Å². The van der Waals surface area contributed by atoms with E-state index in [4.69, 9.17) is 5.73 Å². The second-order valence-electron chi connectivity index (χ2n) is 5.98. The van der Waals surface area contributed by atoms with Crippen molar-refractivity contribution in [1.82, 2.24) is 0 Å². The zero-order valence-electron chi connectivity index (χ0n) is 13.6. The van der Waals surface area contributed by atoms with E-state index in [1.54, 1.807) is 23.1 Å². The molecule has 1 atom stereocenters. The molecule has 1 aromatic heterocycles. The molecule has 122 valence electrons. The van der Waals surface area contributed by atoms with Crippen LogP contribution >= 0.6 is 23.1 Å². The summed E-state index contributed by atoms with van der Waals surface area (Å²) >= 11 is 3.47. The standard InChI is InChI=1S/C19H23NOS2/c1-15-5-7-16(8-6-15)22-13-3-4-17-9-10-18(23-17)11-12-19(2,20)14-21/h5-10,21H,11-14,20H2,1-2H3. The Morgan fingerprint density at radius 2 is 1.96 bits per heavy atom. The minimum absolute atomic E-state index is 0.0152. The number of benzene rings is 1. The molecule has 0 aliphatic heterocycles. The SMILES string of the molecule is Cc1ccc(SCC#Cc2ccc(CCC(C)(N)CO)s2)cc1. The molecule has 0 aliphatic rings. The van der Waals surface area contributed by atoms with Gasteiger partial charge < -0.3 is 10.8 Å². The summed E-state index contributed by atoms with van der Waals surface area (Å²) in [5.41, 5.74) is 6.74. The molecule has 3 N–H and O–H groups in total. The van der Waals surface area contributed by atoms with Gasteiger partial charge in [-0.3, -0.25) is 0 Å². The molecule has 4 heteroatoms. The second kappa shape index (κ2) is 8.56. The molecule has 2 nitrogen and oxygen atoms in total. The Kier molecular flexibility index (Phi) is 6.73. The predicted octanol–water partition coefficient (Wildman–Crippen LogP) is 3.84. The minimum Gasteiger partial charge on any atom is -0.394 e. The molecule has 0 amide bonds. The van der Waals surface area contributed by atoms with Crippen molar-refractivity contribution in [2.75, 3.05) is 12.4 Å². The zero-order chi connectivity index (χ0) is 16.7. The van der Waals surface area contributed by atoms with Crippen LogP contribution in [0.3, 0.4) is 0 Å². The Labute approximate surface area is 147 Å². The van der Waals surface area contributed by atoms with E-state index in [1.807, 2.05) is 6.92 Å². The molecule has 1 aromatic carbocycles. The van der Waals surface area contributed by atoms with Crippen molar-refractivity contribution in [2.45, 2.75) is 37.1 Å². The van der Waals surface area contributed by atoms with E-state index in [-0.39, 0.29) is 6.61 Å². The van der Waals surface area contributed by atoms with Gasteiger partial charge in [0, 0.05) is 15.3 Å². The number of hydrogen-bond acceptors (Lipinski definition) is 4. The van der Waals surface area contributed by atoms with Gasteiger partial charge in [0.25, 0.3) is 0 Å². The van der Waals surface area contributed by atoms with Gasteiger partial charge in [0.2, 0.25) is 0 Å². The molecule has 2 rings (SSSR count). The van der Waals surface area contributed by atoms with Gasteiger partial charge >= 0.3 is 0 Å². The summed E-state index contributed by atoms with van der Waals surface area (Å²) in [5, 5.41) is 9.18. The van der Waals surface area contributed by atoms with E-state index in [1.165, 1.54) is 15.3 Å². The highest BCUT2D eigenvalue weighted by Crippen LogP contribution is 2.20. The highest BCUT2D eigenvalue weighted by molar-refractivity contribution is 7.99. The number of nitrogens with two attached hydrogens (primary N) is 1. The average molecular weight is 346 g/mol. The maximum atomic E-state index is 9.18. The number of hydrogen-bond donors (Lipinski definition) is 2. The van der Waals surface area contributed by atoms with Crippen molar-refractivity contribution in [1.29, 1.82) is 0 Å². The Morgan fingerprint density at radius 3 is 2.65 bits per heavy atom. The molecule has 1 unspecified atom stereocenters. The maximum absolute atomic E-state index is 9.18. The Hall–Kier alpha value is -1.25. The fourth-order valence-corrected chi connectivity index (χ4v) is 3.47. The van der Waals surface area contributed by atoms with Crippen molar-refractivity contribution < 1.29 is 5.11 Å². The molecular weight excluding hydrogens is 322 g/mol. The third-order valence-electron chi connectivity index (χ3n) is 3.51. The van der Waals surface area contributed by atoms with Crippen LogP contribution in [0.4, 0.5) is 0 Å². The molecular formula is C19H23NOS2. The molecule has 0 bridgehead atoms. The summed E-state index contributed by atoms with van der Waals surface area (Å²) in [6.45, 7) is 3.99. The van der Waals surface area contributed by atoms with E-state index < -0.39 is 5.54 Å². The van der Waals surface area contributed by atoms with E-state index in [2.05, 4.69) is 55.2 Å². The number of aliphatic hydroxyl groups is 1. The first kappa shape index (κ1) is 18.1. The van der Waals surface area contributed by atoms with Gasteiger partial charge in [0.05, 0.1) is 17.2 Å². The average Bonchev–Trinajstić information content (AvgIpc) is 2.99. The van der Waals surface area contributed by atoms with E-state index in [9.17, 15) is 5.11 Å². The van der Waals surface area contributed by atoms with Gasteiger partial charge in [-0.15, -0.1) is 23.1 Å². The van der Waals surface area contributed by atoms with Crippen LogP contribution in [0.1, 0.15) is 28.7 Å². The van der Waals surface area contributed by atoms with Crippen LogP contribution in [0.2, 0.25) is 0 Å². The van der Waals surface area contributed by atoms with Crippen molar-refractivity contribution in [3.05, 3.63) is 51.7 Å². The Morgan fingerprint density at radius 1 is 1.22 bits per heavy atom. The van der Waals surface area contributed by atoms with Crippen LogP contribution in [-0.4, -0.2) is 23.0 Å². The summed E-state index contributed by atoms with van der Waals surface area (Å²) < 4.78 is 0. The smallest absolute Gasteiger partial charge is 0.0771 e. The van der Waals surface area contributed by atoms with Crippen LogP contribution in [0.5, 0.6) is 0 Å². The monoisotopic (exact) mass is 345 g/mol. The molecule has 0 fully saturated rings. The highest BCUT2D eigenvalue weighted by Gasteiger charge is 2.16. The summed E-state index contributed by atoms with van der Waals surface area (Å²) in [6, 6.07) is 12.7. The Bertz CT molecular complexity index is 677. The van der Waals surface area contributed by atoms with Crippen molar-refractivity contribution >= 4 is 23.1 Å². The molecule has 0 saturated heterocycles. The summed E-state index contributed by atoms with van der Waals surface area (Å²) in [6.07, 6.45) is 1.66. The first-order chi connectivity index (χ1) is 11.0. The predicted molar refractivity (Wildman–Crippen MR) is 101 cm³/mol. The highest BCUT2D eigenvalue weighted by atomic mass is 32.2. The van der Waals surface area contributed by atoms with Crippen LogP contribution in [0, 0.1) is 18.8 Å². The quantitative estimate of drug-likeness (QED) is 0.617. The lowest BCUT2D eigenvalue weighted by molar-refractivity contribution is 0.201. The minimum atomic E-state index is -0.499. The molecule has 2 aromatic rings. The van der Waals surface area contributed by atoms with Gasteiger partial charge in [-0.1, -0.05) is 29.5 Å². The van der Waals surface area contributed by atoms with E-state index in [0.717, 1.165) is 23.5 Å². The second-order valence-corrected chi connectivity index (χ2v) is 8.20. The normalized spacial score (nSPS) is 13.2. The van der Waals surface area contributed by atoms with Gasteiger partial charge in [0.15, 0.2) is 0 Å². The maximum Gasteiger partial charge on any atom is 0.0771 e. The van der Waals surface area contributed by atoms with E-state index in [0.29, 0.717) is 0 Å². The van der Waals surface area contributed by atoms with Crippen LogP contribution in [0.15, 0.2) is 41.3 Å². The fraction of sp³-hybridized carbons (Fsp3) is 0.368. The Balaban J connectivity index is 1.81. The van der Waals surface area contributed by atoms with Crippen LogP contribution < -0.4 is 5.73 Å². The van der Waals surface area contributed by atoms with Crippen LogP contribution in [-0.2, 0) is 6.42 Å². The number of thioether (sulfide) groups is 1. The van der Waals surface area contributed by atoms with Crippen molar-refractivity contribution in [3.8, 4) is 11.8 Å². The summed E-state index contributed by atoms with van der Waals surface area (Å²) in [5.74, 6) is 7.24. The third kappa shape index (κ3) is 6.40. The largest absolute Gasteiger partial charge is 0.394 e. The van der Waals surface area contributed by atoms with Gasteiger partial charge in [-0.25, -0.2) is 0 Å². The number of aryl methyl sites for hydroxylation is 2. The molecule has 0 spiro atoms. The third-order valence-corrected chi connectivity index (χ3v) is 5.46. The lowest BCUT2D eigenvalue weighted by atomic mass is 9.98. The topological polar surface area (TPSA) is 46.2 Å². The van der Waals surface area contributed by atoms with Gasteiger partial charge in [-0.2, -0.15) is 0 Å². The zero-order valence-corrected chi connectivity index (χ0v) is 15.3. The lowest BCUT2D eigenvalue weighted by Gasteiger charge is -2.20. The first-order valence-electron chi connectivity index (χ1n) is 7.65. The fourth-order valence-electron chi connectivity index (χ4n) is 1.94. The number of thiophene rings is 1. The number of rotatable bonds is 6. The lowest BCUT2D eigenvalue weighted by Crippen LogP contribution is -2.40. The number of aliphatic hydroxyl groups excluding tert-OH is 1. The molecule has 0 saturated carbocycles.